The van der Waals surface area contributed by atoms with Crippen LogP contribution in [0.15, 0.2) is 110 Å². The van der Waals surface area contributed by atoms with E-state index in [0.717, 1.165) is 100 Å². The zero-order valence-corrected chi connectivity index (χ0v) is 32.9. The van der Waals surface area contributed by atoms with Gasteiger partial charge in [-0.2, -0.15) is 0 Å². The van der Waals surface area contributed by atoms with Crippen LogP contribution < -0.4 is 10.6 Å². The fourth-order valence-electron chi connectivity index (χ4n) is 8.40. The Morgan fingerprint density at radius 2 is 0.964 bits per heavy atom. The highest BCUT2D eigenvalue weighted by molar-refractivity contribution is 6.09. The van der Waals surface area contributed by atoms with Gasteiger partial charge in [0, 0.05) is 84.6 Å². The molecule has 2 aliphatic rings. The normalized spacial score (nSPS) is 15.4. The highest BCUT2D eigenvalue weighted by atomic mass is 16.1. The minimum absolute atomic E-state index is 0.0190. The first kappa shape index (κ1) is 37.6. The van der Waals surface area contributed by atoms with Gasteiger partial charge >= 0.3 is 0 Å². The Morgan fingerprint density at radius 3 is 1.36 bits per heavy atom. The summed E-state index contributed by atoms with van der Waals surface area (Å²) in [4.78, 5) is 34.8. The Kier molecular flexibility index (Phi) is 10.6. The van der Waals surface area contributed by atoms with E-state index >= 15 is 0 Å². The number of hydrogen-bond donors (Lipinski definition) is 2. The van der Waals surface area contributed by atoms with Crippen molar-refractivity contribution < 1.29 is 9.59 Å². The summed E-state index contributed by atoms with van der Waals surface area (Å²) in [5.41, 5.74) is 12.1. The summed E-state index contributed by atoms with van der Waals surface area (Å²) in [6, 6.07) is 28.2. The van der Waals surface area contributed by atoms with Gasteiger partial charge in [0.1, 0.15) is 0 Å². The van der Waals surface area contributed by atoms with E-state index < -0.39 is 0 Å². The molecule has 2 N–H and O–H groups in total. The first-order valence-corrected chi connectivity index (χ1v) is 19.5. The Hall–Kier alpha value is -5.76. The fraction of sp³-hybridized carbons (Fsp3) is 0.319. The molecule has 8 rings (SSSR count). The van der Waals surface area contributed by atoms with E-state index in [1.54, 1.807) is 12.4 Å². The zero-order chi connectivity index (χ0) is 38.7. The number of para-hydroxylation sites is 2. The molecule has 8 heteroatoms. The number of carbonyl (C=O) groups is 2. The van der Waals surface area contributed by atoms with Crippen molar-refractivity contribution in [3.05, 3.63) is 132 Å². The van der Waals surface area contributed by atoms with Gasteiger partial charge in [0.25, 0.3) is 0 Å². The van der Waals surface area contributed by atoms with Crippen molar-refractivity contribution in [2.45, 2.75) is 86.7 Å². The molecule has 0 saturated carbocycles. The van der Waals surface area contributed by atoms with E-state index in [0.29, 0.717) is 12.8 Å². The van der Waals surface area contributed by atoms with Crippen LogP contribution in [0.5, 0.6) is 0 Å². The lowest BCUT2D eigenvalue weighted by molar-refractivity contribution is 0.0901. The molecule has 0 amide bonds. The fourth-order valence-corrected chi connectivity index (χ4v) is 8.40. The molecule has 2 aliphatic carbocycles. The van der Waals surface area contributed by atoms with E-state index in [-0.39, 0.29) is 22.4 Å². The Bertz CT molecular complexity index is 2290. The number of anilines is 4. The second kappa shape index (κ2) is 15.5. The van der Waals surface area contributed by atoms with E-state index in [9.17, 15) is 9.59 Å². The minimum Gasteiger partial charge on any atom is -0.353 e. The third kappa shape index (κ3) is 7.77. The molecule has 6 aromatic rings. The number of benzene rings is 2. The van der Waals surface area contributed by atoms with Crippen molar-refractivity contribution in [2.24, 2.45) is 10.8 Å². The van der Waals surface area contributed by atoms with Gasteiger partial charge in [-0.15, -0.1) is 0 Å². The molecular weight excluding hydrogens is 681 g/mol. The van der Waals surface area contributed by atoms with Crippen LogP contribution in [-0.4, -0.2) is 30.7 Å². The molecule has 55 heavy (non-hydrogen) atoms. The molecular formula is C47H52N6O2. The van der Waals surface area contributed by atoms with Crippen molar-refractivity contribution in [3.63, 3.8) is 0 Å². The smallest absolute Gasteiger partial charge is 0.167 e. The van der Waals surface area contributed by atoms with Crippen LogP contribution in [-0.2, 0) is 25.9 Å². The quantitative estimate of drug-likeness (QED) is 0.154. The number of rotatable bonds is 9. The molecule has 0 radical (unpaired) electrons. The lowest BCUT2D eigenvalue weighted by Crippen LogP contribution is -2.28. The van der Waals surface area contributed by atoms with E-state index in [1.807, 2.05) is 97.3 Å². The van der Waals surface area contributed by atoms with Gasteiger partial charge in [0.05, 0.1) is 33.9 Å². The molecule has 8 nitrogen and oxygen atoms in total. The molecule has 282 valence electrons. The molecule has 0 fully saturated rings. The number of ketones is 2. The first-order valence-electron chi connectivity index (χ1n) is 19.5. The van der Waals surface area contributed by atoms with Gasteiger partial charge in [-0.05, 0) is 85.5 Å². The van der Waals surface area contributed by atoms with Gasteiger partial charge < -0.3 is 19.8 Å². The predicted molar refractivity (Wildman–Crippen MR) is 224 cm³/mol. The Balaban J connectivity index is 0.000000169. The number of Topliss-reactive ketones (excluding diaryl/α,β-unsaturated/α-hetero) is 2. The standard InChI is InChI=1S/C24H27N3O.C23H25N3O/c1-4-14-27-19-15-24(2,3)16-20(28)21(19)22(26-18-8-6-5-7-9-18)23(27)17-10-12-25-13-11-17;1-4-26-18-14-23(2,3)15-19(27)20(18)21(25-17-8-6-5-7-9-17)22(26)16-10-12-24-13-11-16/h5-13,26H,4,14-16H2,1-3H3;5-13,25H,4,14-15H2,1-3H3. The molecule has 0 spiro atoms. The lowest BCUT2D eigenvalue weighted by atomic mass is 9.76. The Morgan fingerprint density at radius 1 is 0.564 bits per heavy atom. The second-order valence-electron chi connectivity index (χ2n) is 16.3. The molecule has 0 saturated heterocycles. The summed E-state index contributed by atoms with van der Waals surface area (Å²) < 4.78 is 4.66. The van der Waals surface area contributed by atoms with Crippen molar-refractivity contribution in [1.29, 1.82) is 0 Å². The van der Waals surface area contributed by atoms with Crippen LogP contribution in [0.2, 0.25) is 0 Å². The molecule has 4 aromatic heterocycles. The topological polar surface area (TPSA) is 93.8 Å². The van der Waals surface area contributed by atoms with Crippen molar-refractivity contribution in [1.82, 2.24) is 19.1 Å². The van der Waals surface area contributed by atoms with Crippen LogP contribution in [0.25, 0.3) is 22.5 Å². The average molecular weight is 733 g/mol. The maximum Gasteiger partial charge on any atom is 0.167 e. The molecule has 0 atom stereocenters. The summed E-state index contributed by atoms with van der Waals surface area (Å²) in [6.07, 6.45) is 11.2. The van der Waals surface area contributed by atoms with Crippen LogP contribution in [0, 0.1) is 10.8 Å². The molecule has 2 aromatic carbocycles. The molecule has 4 heterocycles. The molecule has 0 bridgehead atoms. The number of aromatic nitrogens is 4. The van der Waals surface area contributed by atoms with Crippen molar-refractivity contribution >= 4 is 34.3 Å². The van der Waals surface area contributed by atoms with E-state index in [1.165, 1.54) is 0 Å². The average Bonchev–Trinajstić information content (AvgIpc) is 3.63. The van der Waals surface area contributed by atoms with Crippen LogP contribution in [0.1, 0.15) is 92.9 Å². The maximum atomic E-state index is 13.2. The third-order valence-electron chi connectivity index (χ3n) is 10.6. The number of hydrogen-bond acceptors (Lipinski definition) is 6. The van der Waals surface area contributed by atoms with Crippen LogP contribution in [0.4, 0.5) is 22.7 Å². The van der Waals surface area contributed by atoms with Crippen LogP contribution in [0.3, 0.4) is 0 Å². The summed E-state index contributed by atoms with van der Waals surface area (Å²) in [6.45, 7) is 14.8. The number of nitrogens with one attached hydrogen (secondary N) is 2. The third-order valence-corrected chi connectivity index (χ3v) is 10.6. The summed E-state index contributed by atoms with van der Waals surface area (Å²) in [5, 5.41) is 7.12. The number of fused-ring (bicyclic) bond motifs is 2. The number of nitrogens with zero attached hydrogens (tertiary/aromatic N) is 4. The van der Waals surface area contributed by atoms with Crippen molar-refractivity contribution in [3.8, 4) is 22.5 Å². The lowest BCUT2D eigenvalue weighted by Gasteiger charge is -2.30. The van der Waals surface area contributed by atoms with Gasteiger partial charge in [-0.25, -0.2) is 0 Å². The van der Waals surface area contributed by atoms with Gasteiger partial charge in [0.15, 0.2) is 11.6 Å². The Labute approximate surface area is 325 Å². The summed E-state index contributed by atoms with van der Waals surface area (Å²) in [7, 11) is 0. The van der Waals surface area contributed by atoms with Gasteiger partial charge in [0.2, 0.25) is 0 Å². The monoisotopic (exact) mass is 732 g/mol. The largest absolute Gasteiger partial charge is 0.353 e. The number of carbonyl (C=O) groups excluding carboxylic acids is 2. The maximum absolute atomic E-state index is 13.2. The predicted octanol–water partition coefficient (Wildman–Crippen LogP) is 11.3. The van der Waals surface area contributed by atoms with E-state index in [4.69, 9.17) is 0 Å². The first-order chi connectivity index (χ1) is 26.5. The number of pyridine rings is 2. The highest BCUT2D eigenvalue weighted by Crippen LogP contribution is 2.47. The highest BCUT2D eigenvalue weighted by Gasteiger charge is 2.39. The minimum atomic E-state index is -0.0204. The SMILES string of the molecule is CCCn1c2c(c(Nc3ccccc3)c1-c1ccncc1)C(=O)CC(C)(C)C2.CCn1c2c(c(Nc3ccccc3)c1-c1ccncc1)C(=O)CC(C)(C)C2. The van der Waals surface area contributed by atoms with Gasteiger partial charge in [-0.3, -0.25) is 19.6 Å². The second-order valence-corrected chi connectivity index (χ2v) is 16.3. The zero-order valence-electron chi connectivity index (χ0n) is 32.9. The van der Waals surface area contributed by atoms with E-state index in [2.05, 4.69) is 71.3 Å². The molecule has 0 unspecified atom stereocenters. The summed E-state index contributed by atoms with van der Waals surface area (Å²) in [5.74, 6) is 0.456. The van der Waals surface area contributed by atoms with Crippen molar-refractivity contribution in [2.75, 3.05) is 10.6 Å². The molecule has 0 aliphatic heterocycles. The van der Waals surface area contributed by atoms with Gasteiger partial charge in [-0.1, -0.05) is 71.0 Å². The van der Waals surface area contributed by atoms with Crippen LogP contribution >= 0.6 is 0 Å². The summed E-state index contributed by atoms with van der Waals surface area (Å²) >= 11 is 0.